The first-order chi connectivity index (χ1) is 14.4. The highest BCUT2D eigenvalue weighted by Crippen LogP contribution is 2.44. The fourth-order valence-corrected chi connectivity index (χ4v) is 3.65. The molecule has 0 saturated heterocycles. The number of halogens is 3. The van der Waals surface area contributed by atoms with Crippen LogP contribution < -0.4 is 5.32 Å². The fraction of sp³-hybridized carbons (Fsp3) is 0.0909. The van der Waals surface area contributed by atoms with Gasteiger partial charge in [0.25, 0.3) is 0 Å². The van der Waals surface area contributed by atoms with E-state index in [-0.39, 0.29) is 18.6 Å². The van der Waals surface area contributed by atoms with Gasteiger partial charge in [-0.05, 0) is 22.3 Å². The molecule has 0 aromatic heterocycles. The van der Waals surface area contributed by atoms with Crippen molar-refractivity contribution in [2.24, 2.45) is 0 Å². The van der Waals surface area contributed by atoms with E-state index in [0.29, 0.717) is 0 Å². The third kappa shape index (κ3) is 3.26. The minimum absolute atomic E-state index is 0.117. The van der Waals surface area contributed by atoms with Crippen LogP contribution in [0.15, 0.2) is 54.6 Å². The maximum atomic E-state index is 14.0. The van der Waals surface area contributed by atoms with E-state index < -0.39 is 40.8 Å². The molecule has 0 fully saturated rings. The zero-order valence-corrected chi connectivity index (χ0v) is 15.3. The molecule has 2 N–H and O–H groups in total. The maximum absolute atomic E-state index is 14.0. The average Bonchev–Trinajstić information content (AvgIpc) is 3.04. The molecule has 0 saturated carbocycles. The van der Waals surface area contributed by atoms with Crippen molar-refractivity contribution in [3.05, 3.63) is 88.7 Å². The van der Waals surface area contributed by atoms with E-state index in [2.05, 4.69) is 0 Å². The highest BCUT2D eigenvalue weighted by atomic mass is 19.2. The molecule has 0 radical (unpaired) electrons. The standard InChI is InChI=1S/C22H14F3NO4/c23-16-9-17(24)20(18(19(16)25)21(27)28)26-22(29)30-10-15-13-7-3-1-5-11(13)12-6-2-4-8-14(12)15/h1-9,15H,10H2,(H,26,29)(H,27,28). The normalized spacial score (nSPS) is 12.2. The predicted molar refractivity (Wildman–Crippen MR) is 102 cm³/mol. The summed E-state index contributed by atoms with van der Waals surface area (Å²) in [5.41, 5.74) is 1.57. The minimum Gasteiger partial charge on any atom is -0.478 e. The van der Waals surface area contributed by atoms with E-state index in [4.69, 9.17) is 9.84 Å². The average molecular weight is 413 g/mol. The van der Waals surface area contributed by atoms with Crippen molar-refractivity contribution < 1.29 is 32.6 Å². The first-order valence-corrected chi connectivity index (χ1v) is 8.91. The van der Waals surface area contributed by atoms with Gasteiger partial charge in [0.05, 0.1) is 5.69 Å². The summed E-state index contributed by atoms with van der Waals surface area (Å²) >= 11 is 0. The topological polar surface area (TPSA) is 75.6 Å². The van der Waals surface area contributed by atoms with Crippen molar-refractivity contribution >= 4 is 17.7 Å². The Hall–Kier alpha value is -3.81. The summed E-state index contributed by atoms with van der Waals surface area (Å²) in [4.78, 5) is 23.4. The lowest BCUT2D eigenvalue weighted by molar-refractivity contribution is 0.0691. The number of ether oxygens (including phenoxy) is 1. The SMILES string of the molecule is O=C(Nc1c(F)cc(F)c(F)c1C(=O)O)OCC1c2ccccc2-c2ccccc21. The Bertz CT molecular complexity index is 1130. The van der Waals surface area contributed by atoms with E-state index >= 15 is 0 Å². The molecule has 3 aromatic carbocycles. The van der Waals surface area contributed by atoms with Crippen molar-refractivity contribution in [2.75, 3.05) is 11.9 Å². The number of benzene rings is 3. The molecule has 0 aliphatic heterocycles. The zero-order valence-electron chi connectivity index (χ0n) is 15.3. The predicted octanol–water partition coefficient (Wildman–Crippen LogP) is 5.16. The van der Waals surface area contributed by atoms with Crippen LogP contribution in [0.3, 0.4) is 0 Å². The lowest BCUT2D eigenvalue weighted by Crippen LogP contribution is -2.21. The molecular weight excluding hydrogens is 399 g/mol. The Morgan fingerprint density at radius 3 is 2.07 bits per heavy atom. The van der Waals surface area contributed by atoms with E-state index in [1.165, 1.54) is 0 Å². The first-order valence-electron chi connectivity index (χ1n) is 8.91. The molecule has 4 rings (SSSR count). The van der Waals surface area contributed by atoms with Crippen LogP contribution in [0, 0.1) is 17.5 Å². The van der Waals surface area contributed by atoms with Crippen LogP contribution in [0.4, 0.5) is 23.7 Å². The van der Waals surface area contributed by atoms with Gasteiger partial charge in [-0.3, -0.25) is 5.32 Å². The monoisotopic (exact) mass is 413 g/mol. The lowest BCUT2D eigenvalue weighted by atomic mass is 9.98. The summed E-state index contributed by atoms with van der Waals surface area (Å²) in [5.74, 6) is -7.10. The molecule has 152 valence electrons. The molecular formula is C22H14F3NO4. The van der Waals surface area contributed by atoms with Gasteiger partial charge in [0.2, 0.25) is 0 Å². The summed E-state index contributed by atoms with van der Waals surface area (Å²) in [6, 6.07) is 15.4. The second-order valence-corrected chi connectivity index (χ2v) is 6.66. The van der Waals surface area contributed by atoms with Gasteiger partial charge < -0.3 is 9.84 Å². The number of hydrogen-bond donors (Lipinski definition) is 2. The van der Waals surface area contributed by atoms with Crippen molar-refractivity contribution in [2.45, 2.75) is 5.92 Å². The van der Waals surface area contributed by atoms with E-state index in [1.54, 1.807) is 0 Å². The molecule has 1 amide bonds. The van der Waals surface area contributed by atoms with Gasteiger partial charge in [0.15, 0.2) is 17.5 Å². The molecule has 0 bridgehead atoms. The molecule has 30 heavy (non-hydrogen) atoms. The van der Waals surface area contributed by atoms with Crippen LogP contribution >= 0.6 is 0 Å². The Balaban J connectivity index is 1.56. The summed E-state index contributed by atoms with van der Waals surface area (Å²) < 4.78 is 46.3. The molecule has 0 atom stereocenters. The van der Waals surface area contributed by atoms with Crippen LogP contribution in [-0.4, -0.2) is 23.8 Å². The third-order valence-corrected chi connectivity index (χ3v) is 4.96. The fourth-order valence-electron chi connectivity index (χ4n) is 3.65. The molecule has 0 unspecified atom stereocenters. The second-order valence-electron chi connectivity index (χ2n) is 6.66. The van der Waals surface area contributed by atoms with Crippen LogP contribution in [0.2, 0.25) is 0 Å². The lowest BCUT2D eigenvalue weighted by Gasteiger charge is -2.15. The van der Waals surface area contributed by atoms with Gasteiger partial charge in [-0.25, -0.2) is 22.8 Å². The maximum Gasteiger partial charge on any atom is 0.411 e. The molecule has 8 heteroatoms. The Morgan fingerprint density at radius 2 is 1.50 bits per heavy atom. The molecule has 5 nitrogen and oxygen atoms in total. The van der Waals surface area contributed by atoms with Crippen molar-refractivity contribution in [1.82, 2.24) is 0 Å². The number of carbonyl (C=O) groups excluding carboxylic acids is 1. The number of anilines is 1. The molecule has 0 spiro atoms. The molecule has 0 heterocycles. The number of amides is 1. The summed E-state index contributed by atoms with van der Waals surface area (Å²) in [7, 11) is 0. The number of hydrogen-bond acceptors (Lipinski definition) is 3. The number of carboxylic acid groups (broad SMARTS) is 1. The third-order valence-electron chi connectivity index (χ3n) is 4.96. The largest absolute Gasteiger partial charge is 0.478 e. The quantitative estimate of drug-likeness (QED) is 0.579. The second kappa shape index (κ2) is 7.55. The van der Waals surface area contributed by atoms with Crippen LogP contribution in [0.25, 0.3) is 11.1 Å². The molecule has 1 aliphatic rings. The van der Waals surface area contributed by atoms with E-state index in [1.807, 2.05) is 53.8 Å². The van der Waals surface area contributed by atoms with E-state index in [9.17, 15) is 22.8 Å². The van der Waals surface area contributed by atoms with Crippen LogP contribution in [0.1, 0.15) is 27.4 Å². The van der Waals surface area contributed by atoms with Gasteiger partial charge in [-0.1, -0.05) is 48.5 Å². The Kier molecular flexibility index (Phi) is 4.91. The number of carboxylic acids is 1. The van der Waals surface area contributed by atoms with Gasteiger partial charge in [-0.15, -0.1) is 0 Å². The molecule has 3 aromatic rings. The number of aromatic carboxylic acids is 1. The number of fused-ring (bicyclic) bond motifs is 3. The van der Waals surface area contributed by atoms with Crippen molar-refractivity contribution in [3.63, 3.8) is 0 Å². The molecule has 1 aliphatic carbocycles. The Morgan fingerprint density at radius 1 is 0.933 bits per heavy atom. The summed E-state index contributed by atoms with van der Waals surface area (Å²) in [5, 5.41) is 10.9. The van der Waals surface area contributed by atoms with Gasteiger partial charge in [0.1, 0.15) is 12.2 Å². The highest BCUT2D eigenvalue weighted by Gasteiger charge is 2.30. The van der Waals surface area contributed by atoms with Crippen LogP contribution in [-0.2, 0) is 4.74 Å². The smallest absolute Gasteiger partial charge is 0.411 e. The van der Waals surface area contributed by atoms with Crippen molar-refractivity contribution in [1.29, 1.82) is 0 Å². The Labute approximate surface area is 168 Å². The number of nitrogens with one attached hydrogen (secondary N) is 1. The first kappa shape index (κ1) is 19.5. The summed E-state index contributed by atoms with van der Waals surface area (Å²) in [6.45, 7) is -0.117. The number of rotatable bonds is 4. The zero-order chi connectivity index (χ0) is 21.4. The van der Waals surface area contributed by atoms with Crippen molar-refractivity contribution in [3.8, 4) is 11.1 Å². The minimum atomic E-state index is -1.93. The summed E-state index contributed by atoms with van der Waals surface area (Å²) in [6.07, 6.45) is -1.19. The van der Waals surface area contributed by atoms with Crippen LogP contribution in [0.5, 0.6) is 0 Å². The number of carbonyl (C=O) groups is 2. The highest BCUT2D eigenvalue weighted by molar-refractivity contribution is 5.99. The van der Waals surface area contributed by atoms with Gasteiger partial charge >= 0.3 is 12.1 Å². The van der Waals surface area contributed by atoms with E-state index in [0.717, 1.165) is 22.3 Å². The van der Waals surface area contributed by atoms with Gasteiger partial charge in [-0.2, -0.15) is 0 Å². The van der Waals surface area contributed by atoms with Gasteiger partial charge in [0, 0.05) is 12.0 Å².